The van der Waals surface area contributed by atoms with Crippen LogP contribution in [0.3, 0.4) is 0 Å². The minimum atomic E-state index is -0.922. The van der Waals surface area contributed by atoms with Crippen LogP contribution in [-0.2, 0) is 9.59 Å². The van der Waals surface area contributed by atoms with E-state index < -0.39 is 17.8 Å². The maximum atomic E-state index is 12.7. The number of carboxylic acids is 1. The number of aromatic nitrogens is 1. The van der Waals surface area contributed by atoms with Crippen LogP contribution in [0.4, 0.5) is 5.13 Å². The fourth-order valence-electron chi connectivity index (χ4n) is 3.86. The zero-order chi connectivity index (χ0) is 18.4. The third-order valence-corrected chi connectivity index (χ3v) is 6.29. The van der Waals surface area contributed by atoms with Crippen molar-refractivity contribution >= 4 is 51.5 Å². The number of carboxylic acid groups (broad SMARTS) is 1. The Morgan fingerprint density at radius 3 is 2.62 bits per heavy atom. The van der Waals surface area contributed by atoms with Crippen LogP contribution in [0.1, 0.15) is 6.42 Å². The molecule has 2 aliphatic carbocycles. The fraction of sp³-hybridized carbons (Fsp3) is 0.278. The molecule has 2 aliphatic rings. The molecule has 4 atom stereocenters. The molecule has 5 nitrogen and oxygen atoms in total. The van der Waals surface area contributed by atoms with E-state index in [9.17, 15) is 14.7 Å². The first-order valence-corrected chi connectivity index (χ1v) is 9.70. The van der Waals surface area contributed by atoms with Crippen molar-refractivity contribution in [3.63, 3.8) is 0 Å². The molecule has 1 aromatic heterocycles. The Kier molecular flexibility index (Phi) is 4.50. The molecule has 2 bridgehead atoms. The maximum Gasteiger partial charge on any atom is 0.307 e. The number of thiazole rings is 1. The Morgan fingerprint density at radius 1 is 1.19 bits per heavy atom. The summed E-state index contributed by atoms with van der Waals surface area (Å²) in [6.07, 6.45) is 4.59. The first-order chi connectivity index (χ1) is 12.4. The number of carbonyl (C=O) groups excluding carboxylic acids is 1. The van der Waals surface area contributed by atoms with Crippen LogP contribution in [0.5, 0.6) is 0 Å². The summed E-state index contributed by atoms with van der Waals surface area (Å²) in [5.74, 6) is -2.53. The van der Waals surface area contributed by atoms with Gasteiger partial charge in [0.1, 0.15) is 0 Å². The first-order valence-electron chi connectivity index (χ1n) is 8.07. The summed E-state index contributed by atoms with van der Waals surface area (Å²) in [5, 5.41) is 15.5. The van der Waals surface area contributed by atoms with Gasteiger partial charge in [0.05, 0.1) is 22.6 Å². The molecule has 2 aromatic rings. The number of carbonyl (C=O) groups is 2. The SMILES string of the molecule is O=C(O)[C@@H]1[C@H](C(=O)Nc2nc(-c3ccc(Cl)cc3Cl)cs2)[C@H]2C=C[C@@H]1C2. The van der Waals surface area contributed by atoms with E-state index in [4.69, 9.17) is 23.2 Å². The van der Waals surface area contributed by atoms with Gasteiger partial charge in [-0.25, -0.2) is 4.98 Å². The van der Waals surface area contributed by atoms with Crippen LogP contribution < -0.4 is 5.32 Å². The van der Waals surface area contributed by atoms with Gasteiger partial charge in [-0.2, -0.15) is 0 Å². The highest BCUT2D eigenvalue weighted by molar-refractivity contribution is 7.14. The average Bonchev–Trinajstić information content (AvgIpc) is 3.29. The molecule has 26 heavy (non-hydrogen) atoms. The van der Waals surface area contributed by atoms with Crippen molar-refractivity contribution in [1.82, 2.24) is 4.98 Å². The number of aliphatic carboxylic acids is 1. The third-order valence-electron chi connectivity index (χ3n) is 4.99. The van der Waals surface area contributed by atoms with E-state index in [0.29, 0.717) is 20.9 Å². The van der Waals surface area contributed by atoms with Crippen molar-refractivity contribution in [3.8, 4) is 11.3 Å². The molecule has 0 radical (unpaired) electrons. The highest BCUT2D eigenvalue weighted by atomic mass is 35.5. The Morgan fingerprint density at radius 2 is 1.92 bits per heavy atom. The third kappa shape index (κ3) is 3.02. The Balaban J connectivity index is 1.53. The second-order valence-corrected chi connectivity index (χ2v) is 8.19. The van der Waals surface area contributed by atoms with Gasteiger partial charge in [0, 0.05) is 16.0 Å². The number of allylic oxidation sites excluding steroid dienone is 2. The van der Waals surface area contributed by atoms with Gasteiger partial charge in [0.2, 0.25) is 5.91 Å². The zero-order valence-corrected chi connectivity index (χ0v) is 15.7. The predicted octanol–water partition coefficient (Wildman–Crippen LogP) is 4.58. The maximum absolute atomic E-state index is 12.7. The van der Waals surface area contributed by atoms with Crippen LogP contribution in [0.25, 0.3) is 11.3 Å². The van der Waals surface area contributed by atoms with Crippen LogP contribution >= 0.6 is 34.5 Å². The minimum Gasteiger partial charge on any atom is -0.481 e. The minimum absolute atomic E-state index is 0.0220. The highest BCUT2D eigenvalue weighted by Gasteiger charge is 2.51. The van der Waals surface area contributed by atoms with Crippen LogP contribution in [-0.4, -0.2) is 22.0 Å². The molecule has 1 heterocycles. The topological polar surface area (TPSA) is 79.3 Å². The Bertz CT molecular complexity index is 927. The lowest BCUT2D eigenvalue weighted by Crippen LogP contribution is -2.36. The van der Waals surface area contributed by atoms with Gasteiger partial charge >= 0.3 is 5.97 Å². The van der Waals surface area contributed by atoms with E-state index in [1.165, 1.54) is 11.3 Å². The van der Waals surface area contributed by atoms with Crippen molar-refractivity contribution in [2.24, 2.45) is 23.7 Å². The van der Waals surface area contributed by atoms with E-state index in [2.05, 4.69) is 10.3 Å². The largest absolute Gasteiger partial charge is 0.481 e. The standard InChI is InChI=1S/C18H14Cl2N2O3S/c19-10-3-4-11(12(20)6-10)13-7-26-18(21-13)22-16(23)14-8-1-2-9(5-8)15(14)17(24)25/h1-4,6-9,14-15H,5H2,(H,24,25)(H,21,22,23)/t8-,9+,14+,15-/m0/s1. The van der Waals surface area contributed by atoms with Crippen molar-refractivity contribution < 1.29 is 14.7 Å². The van der Waals surface area contributed by atoms with E-state index in [0.717, 1.165) is 12.0 Å². The molecule has 0 spiro atoms. The monoisotopic (exact) mass is 408 g/mol. The molecule has 1 aromatic carbocycles. The molecular formula is C18H14Cl2N2O3S. The van der Waals surface area contributed by atoms with Crippen molar-refractivity contribution in [2.45, 2.75) is 6.42 Å². The fourth-order valence-corrected chi connectivity index (χ4v) is 5.08. The first kappa shape index (κ1) is 17.5. The van der Waals surface area contributed by atoms with Crippen molar-refractivity contribution in [2.75, 3.05) is 5.32 Å². The summed E-state index contributed by atoms with van der Waals surface area (Å²) in [5.41, 5.74) is 1.36. The van der Waals surface area contributed by atoms with Gasteiger partial charge < -0.3 is 10.4 Å². The summed E-state index contributed by atoms with van der Waals surface area (Å²) in [7, 11) is 0. The number of halogens is 2. The van der Waals surface area contributed by atoms with Crippen LogP contribution in [0.15, 0.2) is 35.7 Å². The van der Waals surface area contributed by atoms with Gasteiger partial charge in [-0.15, -0.1) is 11.3 Å². The van der Waals surface area contributed by atoms with Crippen molar-refractivity contribution in [1.29, 1.82) is 0 Å². The lowest BCUT2D eigenvalue weighted by molar-refractivity contribution is -0.146. The summed E-state index contributed by atoms with van der Waals surface area (Å²) in [4.78, 5) is 28.7. The van der Waals surface area contributed by atoms with Gasteiger partial charge in [-0.05, 0) is 36.5 Å². The van der Waals surface area contributed by atoms with Crippen LogP contribution in [0.2, 0.25) is 10.0 Å². The zero-order valence-electron chi connectivity index (χ0n) is 13.4. The molecule has 8 heteroatoms. The number of nitrogens with one attached hydrogen (secondary N) is 1. The number of nitrogens with zero attached hydrogens (tertiary/aromatic N) is 1. The normalized spacial score (nSPS) is 26.2. The number of fused-ring (bicyclic) bond motifs is 2. The van der Waals surface area contributed by atoms with E-state index in [-0.39, 0.29) is 17.7 Å². The summed E-state index contributed by atoms with van der Waals surface area (Å²) in [6, 6.07) is 5.13. The van der Waals surface area contributed by atoms with Gasteiger partial charge in [-0.1, -0.05) is 35.4 Å². The van der Waals surface area contributed by atoms with Crippen LogP contribution in [0, 0.1) is 23.7 Å². The molecule has 2 N–H and O–H groups in total. The number of hydrogen-bond donors (Lipinski definition) is 2. The molecule has 0 aliphatic heterocycles. The molecule has 0 unspecified atom stereocenters. The Hall–Kier alpha value is -1.89. The highest BCUT2D eigenvalue weighted by Crippen LogP contribution is 2.48. The van der Waals surface area contributed by atoms with Gasteiger partial charge in [0.25, 0.3) is 0 Å². The lowest BCUT2D eigenvalue weighted by atomic mass is 9.82. The number of amides is 1. The van der Waals surface area contributed by atoms with E-state index >= 15 is 0 Å². The molecule has 1 fully saturated rings. The second kappa shape index (κ2) is 6.68. The van der Waals surface area contributed by atoms with E-state index in [1.54, 1.807) is 23.6 Å². The second-order valence-electron chi connectivity index (χ2n) is 6.49. The van der Waals surface area contributed by atoms with Crippen molar-refractivity contribution in [3.05, 3.63) is 45.8 Å². The summed E-state index contributed by atoms with van der Waals surface area (Å²) < 4.78 is 0. The number of rotatable bonds is 4. The number of anilines is 1. The predicted molar refractivity (Wildman–Crippen MR) is 102 cm³/mol. The average molecular weight is 409 g/mol. The molecule has 4 rings (SSSR count). The van der Waals surface area contributed by atoms with Gasteiger partial charge in [-0.3, -0.25) is 9.59 Å². The summed E-state index contributed by atoms with van der Waals surface area (Å²) >= 11 is 13.4. The quantitative estimate of drug-likeness (QED) is 0.725. The number of benzene rings is 1. The smallest absolute Gasteiger partial charge is 0.307 e. The molecule has 134 valence electrons. The van der Waals surface area contributed by atoms with Gasteiger partial charge in [0.15, 0.2) is 5.13 Å². The Labute approximate surface area is 163 Å². The molecule has 0 saturated heterocycles. The lowest BCUT2D eigenvalue weighted by Gasteiger charge is -2.23. The number of hydrogen-bond acceptors (Lipinski definition) is 4. The summed E-state index contributed by atoms with van der Waals surface area (Å²) in [6.45, 7) is 0. The van der Waals surface area contributed by atoms with E-state index in [1.807, 2.05) is 12.2 Å². The molecule has 1 saturated carbocycles. The molecular weight excluding hydrogens is 395 g/mol. The molecule has 1 amide bonds.